The molecular weight excluding hydrogens is 408 g/mol. The third kappa shape index (κ3) is 5.46. The number of carbonyl (C=O) groups excluding carboxylic acids is 2. The molecule has 0 saturated heterocycles. The molecule has 2 aromatic rings. The summed E-state index contributed by atoms with van der Waals surface area (Å²) in [5.74, 6) is -1.99. The molecule has 0 aromatic heterocycles. The SMILES string of the molecule is CC(CNC(=O)CC(NC(=O)OCC1c2ccccc2-c2ccccc21)C(C)C)C(=O)O. The molecule has 0 heterocycles. The molecule has 2 amide bonds. The summed E-state index contributed by atoms with van der Waals surface area (Å²) in [6.45, 7) is 5.58. The van der Waals surface area contributed by atoms with Gasteiger partial charge in [-0.05, 0) is 28.2 Å². The Morgan fingerprint density at radius 2 is 1.53 bits per heavy atom. The number of ether oxygens (including phenoxy) is 1. The van der Waals surface area contributed by atoms with Crippen LogP contribution >= 0.6 is 0 Å². The molecule has 0 radical (unpaired) electrons. The molecule has 0 bridgehead atoms. The number of carboxylic acid groups (broad SMARTS) is 1. The Hall–Kier alpha value is -3.35. The fourth-order valence-electron chi connectivity index (χ4n) is 3.87. The summed E-state index contributed by atoms with van der Waals surface area (Å²) in [6.07, 6.45) is -0.522. The Kier molecular flexibility index (Phi) is 7.51. The van der Waals surface area contributed by atoms with Crippen LogP contribution in [0.25, 0.3) is 11.1 Å². The normalized spacial score (nSPS) is 14.2. The first kappa shape index (κ1) is 23.3. The van der Waals surface area contributed by atoms with Crippen molar-refractivity contribution in [2.24, 2.45) is 11.8 Å². The fraction of sp³-hybridized carbons (Fsp3) is 0.400. The largest absolute Gasteiger partial charge is 0.481 e. The third-order valence-corrected chi connectivity index (χ3v) is 5.88. The van der Waals surface area contributed by atoms with Gasteiger partial charge in [-0.3, -0.25) is 9.59 Å². The number of benzene rings is 2. The molecule has 2 atom stereocenters. The lowest BCUT2D eigenvalue weighted by molar-refractivity contribution is -0.141. The van der Waals surface area contributed by atoms with Crippen molar-refractivity contribution >= 4 is 18.0 Å². The lowest BCUT2D eigenvalue weighted by atomic mass is 9.98. The number of rotatable bonds is 9. The summed E-state index contributed by atoms with van der Waals surface area (Å²) < 4.78 is 5.57. The van der Waals surface area contributed by atoms with Crippen LogP contribution in [0.1, 0.15) is 44.2 Å². The number of hydrogen-bond acceptors (Lipinski definition) is 4. The van der Waals surface area contributed by atoms with Gasteiger partial charge in [-0.15, -0.1) is 0 Å². The molecule has 3 N–H and O–H groups in total. The van der Waals surface area contributed by atoms with Crippen molar-refractivity contribution in [1.29, 1.82) is 0 Å². The minimum atomic E-state index is -0.970. The van der Waals surface area contributed by atoms with E-state index in [2.05, 4.69) is 34.9 Å². The summed E-state index contributed by atoms with van der Waals surface area (Å²) in [5, 5.41) is 14.3. The Bertz CT molecular complexity index is 942. The zero-order valence-electron chi connectivity index (χ0n) is 18.6. The summed E-state index contributed by atoms with van der Waals surface area (Å²) in [4.78, 5) is 35.6. The molecule has 0 aliphatic heterocycles. The molecule has 1 aliphatic carbocycles. The summed E-state index contributed by atoms with van der Waals surface area (Å²) in [5.41, 5.74) is 4.58. The van der Waals surface area contributed by atoms with Gasteiger partial charge in [-0.1, -0.05) is 69.3 Å². The van der Waals surface area contributed by atoms with Crippen LogP contribution in [0.15, 0.2) is 48.5 Å². The van der Waals surface area contributed by atoms with E-state index in [4.69, 9.17) is 9.84 Å². The highest BCUT2D eigenvalue weighted by Crippen LogP contribution is 2.44. The van der Waals surface area contributed by atoms with Crippen LogP contribution in [0.5, 0.6) is 0 Å². The highest BCUT2D eigenvalue weighted by molar-refractivity contribution is 5.80. The van der Waals surface area contributed by atoms with Crippen molar-refractivity contribution in [2.75, 3.05) is 13.2 Å². The van der Waals surface area contributed by atoms with Crippen LogP contribution in [0.4, 0.5) is 4.79 Å². The van der Waals surface area contributed by atoms with Gasteiger partial charge in [-0.25, -0.2) is 4.79 Å². The van der Waals surface area contributed by atoms with Crippen LogP contribution in [0.2, 0.25) is 0 Å². The van der Waals surface area contributed by atoms with E-state index in [1.807, 2.05) is 38.1 Å². The molecule has 0 spiro atoms. The number of amides is 2. The standard InChI is InChI=1S/C25H30N2O5/c1-15(2)22(12-23(28)26-13-16(3)24(29)30)27-25(31)32-14-21-19-10-6-4-8-17(19)18-9-5-7-11-20(18)21/h4-11,15-16,21-22H,12-14H2,1-3H3,(H,26,28)(H,27,31)(H,29,30). The van der Waals surface area contributed by atoms with E-state index in [0.29, 0.717) is 0 Å². The van der Waals surface area contributed by atoms with Crippen molar-refractivity contribution in [1.82, 2.24) is 10.6 Å². The Morgan fingerprint density at radius 1 is 0.969 bits per heavy atom. The zero-order valence-corrected chi connectivity index (χ0v) is 18.6. The maximum absolute atomic E-state index is 12.5. The van der Waals surface area contributed by atoms with Crippen LogP contribution in [0, 0.1) is 11.8 Å². The lowest BCUT2D eigenvalue weighted by Crippen LogP contribution is -2.43. The number of carboxylic acids is 1. The topological polar surface area (TPSA) is 105 Å². The smallest absolute Gasteiger partial charge is 0.407 e. The predicted molar refractivity (Wildman–Crippen MR) is 121 cm³/mol. The predicted octanol–water partition coefficient (Wildman–Crippen LogP) is 3.78. The van der Waals surface area contributed by atoms with Gasteiger partial charge >= 0.3 is 12.1 Å². The average molecular weight is 439 g/mol. The quantitative estimate of drug-likeness (QED) is 0.553. The van der Waals surface area contributed by atoms with Gasteiger partial charge in [0, 0.05) is 24.9 Å². The van der Waals surface area contributed by atoms with Crippen molar-refractivity contribution < 1.29 is 24.2 Å². The first-order valence-electron chi connectivity index (χ1n) is 10.9. The van der Waals surface area contributed by atoms with Crippen LogP contribution < -0.4 is 10.6 Å². The number of aliphatic carboxylic acids is 1. The van der Waals surface area contributed by atoms with Gasteiger partial charge in [-0.2, -0.15) is 0 Å². The van der Waals surface area contributed by atoms with E-state index in [9.17, 15) is 14.4 Å². The molecule has 3 rings (SSSR count). The van der Waals surface area contributed by atoms with Crippen molar-refractivity contribution in [3.05, 3.63) is 59.7 Å². The second-order valence-corrected chi connectivity index (χ2v) is 8.57. The molecule has 7 heteroatoms. The van der Waals surface area contributed by atoms with Crippen molar-refractivity contribution in [3.63, 3.8) is 0 Å². The second kappa shape index (κ2) is 10.3. The molecule has 2 aromatic carbocycles. The Balaban J connectivity index is 1.57. The van der Waals surface area contributed by atoms with E-state index in [-0.39, 0.29) is 37.3 Å². The Morgan fingerprint density at radius 3 is 2.06 bits per heavy atom. The summed E-state index contributed by atoms with van der Waals surface area (Å²) >= 11 is 0. The summed E-state index contributed by atoms with van der Waals surface area (Å²) in [7, 11) is 0. The summed E-state index contributed by atoms with van der Waals surface area (Å²) in [6, 6.07) is 15.8. The van der Waals surface area contributed by atoms with E-state index in [0.717, 1.165) is 22.3 Å². The maximum atomic E-state index is 12.5. The van der Waals surface area contributed by atoms with Crippen molar-refractivity contribution in [2.45, 2.75) is 39.2 Å². The van der Waals surface area contributed by atoms with Gasteiger partial charge in [0.25, 0.3) is 0 Å². The molecule has 0 saturated carbocycles. The van der Waals surface area contributed by atoms with E-state index in [1.54, 1.807) is 0 Å². The molecule has 7 nitrogen and oxygen atoms in total. The van der Waals surface area contributed by atoms with Gasteiger partial charge in [0.2, 0.25) is 5.91 Å². The molecule has 32 heavy (non-hydrogen) atoms. The Labute approximate surface area is 188 Å². The van der Waals surface area contributed by atoms with Gasteiger partial charge in [0.05, 0.1) is 5.92 Å². The maximum Gasteiger partial charge on any atom is 0.407 e. The van der Waals surface area contributed by atoms with E-state index < -0.39 is 24.0 Å². The number of carbonyl (C=O) groups is 3. The van der Waals surface area contributed by atoms with Crippen LogP contribution in [-0.2, 0) is 14.3 Å². The first-order chi connectivity index (χ1) is 15.3. The van der Waals surface area contributed by atoms with E-state index in [1.165, 1.54) is 6.92 Å². The van der Waals surface area contributed by atoms with Gasteiger partial charge in [0.15, 0.2) is 0 Å². The molecule has 1 aliphatic rings. The van der Waals surface area contributed by atoms with E-state index >= 15 is 0 Å². The van der Waals surface area contributed by atoms with Crippen LogP contribution in [0.3, 0.4) is 0 Å². The lowest BCUT2D eigenvalue weighted by Gasteiger charge is -2.23. The minimum Gasteiger partial charge on any atom is -0.481 e. The molecule has 170 valence electrons. The highest BCUT2D eigenvalue weighted by Gasteiger charge is 2.29. The number of nitrogens with one attached hydrogen (secondary N) is 2. The van der Waals surface area contributed by atoms with Gasteiger partial charge < -0.3 is 20.5 Å². The number of fused-ring (bicyclic) bond motifs is 3. The highest BCUT2D eigenvalue weighted by atomic mass is 16.5. The monoisotopic (exact) mass is 438 g/mol. The number of hydrogen-bond donors (Lipinski definition) is 3. The molecule has 0 fully saturated rings. The third-order valence-electron chi connectivity index (χ3n) is 5.88. The van der Waals surface area contributed by atoms with Crippen LogP contribution in [-0.4, -0.2) is 42.3 Å². The first-order valence-corrected chi connectivity index (χ1v) is 10.9. The number of alkyl carbamates (subject to hydrolysis) is 1. The van der Waals surface area contributed by atoms with Gasteiger partial charge in [0.1, 0.15) is 6.61 Å². The second-order valence-electron chi connectivity index (χ2n) is 8.57. The molecule has 2 unspecified atom stereocenters. The molecular formula is C25H30N2O5. The fourth-order valence-corrected chi connectivity index (χ4v) is 3.87. The van der Waals surface area contributed by atoms with Crippen molar-refractivity contribution in [3.8, 4) is 11.1 Å². The average Bonchev–Trinajstić information content (AvgIpc) is 3.09. The zero-order chi connectivity index (χ0) is 23.3. The minimum absolute atomic E-state index is 0.00173.